The Morgan fingerprint density at radius 1 is 1.33 bits per heavy atom. The summed E-state index contributed by atoms with van der Waals surface area (Å²) in [7, 11) is 0. The standard InChI is InChI=1S/C15H21N3/c1-2-11-6-5-9-12(11)16-10-15-17-13-7-3-4-8-14(13)18-15/h3-4,7-8,11-12,16H,2,5-6,9-10H2,1H3,(H,17,18). The van der Waals surface area contributed by atoms with Crippen molar-refractivity contribution in [1.29, 1.82) is 0 Å². The Kier molecular flexibility index (Phi) is 3.33. The first-order valence-electron chi connectivity index (χ1n) is 7.04. The van der Waals surface area contributed by atoms with Crippen molar-refractivity contribution in [2.45, 2.75) is 45.2 Å². The molecule has 0 amide bonds. The second kappa shape index (κ2) is 5.11. The Balaban J connectivity index is 1.66. The molecule has 1 fully saturated rings. The minimum atomic E-state index is 0.684. The summed E-state index contributed by atoms with van der Waals surface area (Å²) < 4.78 is 0. The quantitative estimate of drug-likeness (QED) is 0.865. The van der Waals surface area contributed by atoms with Gasteiger partial charge >= 0.3 is 0 Å². The molecule has 18 heavy (non-hydrogen) atoms. The lowest BCUT2D eigenvalue weighted by molar-refractivity contribution is 0.386. The van der Waals surface area contributed by atoms with E-state index in [-0.39, 0.29) is 0 Å². The third kappa shape index (κ3) is 2.27. The topological polar surface area (TPSA) is 40.7 Å². The van der Waals surface area contributed by atoms with E-state index in [0.717, 1.165) is 29.3 Å². The summed E-state index contributed by atoms with van der Waals surface area (Å²) in [5.74, 6) is 1.91. The second-order valence-electron chi connectivity index (χ2n) is 5.29. The van der Waals surface area contributed by atoms with Gasteiger partial charge in [-0.3, -0.25) is 0 Å². The highest BCUT2D eigenvalue weighted by Crippen LogP contribution is 2.28. The summed E-state index contributed by atoms with van der Waals surface area (Å²) in [5, 5.41) is 3.67. The Hall–Kier alpha value is -1.35. The SMILES string of the molecule is CCC1CCCC1NCc1nc2ccccc2[nH]1. The zero-order chi connectivity index (χ0) is 12.4. The molecule has 2 unspecified atom stereocenters. The average Bonchev–Trinajstić information content (AvgIpc) is 3.01. The predicted octanol–water partition coefficient (Wildman–Crippen LogP) is 3.23. The van der Waals surface area contributed by atoms with Crippen molar-refractivity contribution in [1.82, 2.24) is 15.3 Å². The van der Waals surface area contributed by atoms with Gasteiger partial charge in [0.05, 0.1) is 17.6 Å². The molecule has 1 aromatic heterocycles. The molecule has 2 N–H and O–H groups in total. The Morgan fingerprint density at radius 2 is 2.22 bits per heavy atom. The normalized spacial score (nSPS) is 23.8. The third-order valence-corrected chi connectivity index (χ3v) is 4.15. The number of nitrogens with zero attached hydrogens (tertiary/aromatic N) is 1. The van der Waals surface area contributed by atoms with Gasteiger partial charge in [0.25, 0.3) is 0 Å². The molecule has 0 saturated heterocycles. The van der Waals surface area contributed by atoms with Crippen molar-refractivity contribution in [3.05, 3.63) is 30.1 Å². The Labute approximate surface area is 108 Å². The van der Waals surface area contributed by atoms with Crippen LogP contribution >= 0.6 is 0 Å². The number of rotatable bonds is 4. The fourth-order valence-corrected chi connectivity index (χ4v) is 3.11. The maximum atomic E-state index is 4.61. The number of aromatic amines is 1. The summed E-state index contributed by atoms with van der Waals surface area (Å²) >= 11 is 0. The van der Waals surface area contributed by atoms with Gasteiger partial charge in [-0.2, -0.15) is 0 Å². The van der Waals surface area contributed by atoms with Crippen LogP contribution < -0.4 is 5.32 Å². The first-order valence-corrected chi connectivity index (χ1v) is 7.04. The highest BCUT2D eigenvalue weighted by molar-refractivity contribution is 5.74. The Bertz CT molecular complexity index is 484. The van der Waals surface area contributed by atoms with E-state index in [1.54, 1.807) is 0 Å². The number of H-pyrrole nitrogens is 1. The molecule has 96 valence electrons. The van der Waals surface area contributed by atoms with E-state index in [0.29, 0.717) is 6.04 Å². The van der Waals surface area contributed by atoms with Crippen LogP contribution in [0.25, 0.3) is 11.0 Å². The fourth-order valence-electron chi connectivity index (χ4n) is 3.11. The van der Waals surface area contributed by atoms with Crippen LogP contribution in [0.3, 0.4) is 0 Å². The van der Waals surface area contributed by atoms with Crippen LogP contribution in [0.4, 0.5) is 0 Å². The number of hydrogen-bond acceptors (Lipinski definition) is 2. The lowest BCUT2D eigenvalue weighted by atomic mass is 10.0. The number of hydrogen-bond donors (Lipinski definition) is 2. The number of nitrogens with one attached hydrogen (secondary N) is 2. The van der Waals surface area contributed by atoms with Crippen LogP contribution in [0.1, 0.15) is 38.4 Å². The van der Waals surface area contributed by atoms with Crippen LogP contribution in [0.15, 0.2) is 24.3 Å². The van der Waals surface area contributed by atoms with Gasteiger partial charge in [-0.1, -0.05) is 31.9 Å². The van der Waals surface area contributed by atoms with Gasteiger partial charge in [-0.15, -0.1) is 0 Å². The molecule has 1 saturated carbocycles. The minimum Gasteiger partial charge on any atom is -0.341 e. The maximum Gasteiger partial charge on any atom is 0.121 e. The lowest BCUT2D eigenvalue weighted by Gasteiger charge is -2.18. The smallest absolute Gasteiger partial charge is 0.121 e. The van der Waals surface area contributed by atoms with Gasteiger partial charge in [0.1, 0.15) is 5.82 Å². The highest BCUT2D eigenvalue weighted by Gasteiger charge is 2.25. The van der Waals surface area contributed by atoms with Crippen LogP contribution in [0, 0.1) is 5.92 Å². The summed E-state index contributed by atoms with van der Waals surface area (Å²) in [6.45, 7) is 3.15. The molecular weight excluding hydrogens is 222 g/mol. The van der Waals surface area contributed by atoms with E-state index in [4.69, 9.17) is 0 Å². The van der Waals surface area contributed by atoms with Crippen molar-refractivity contribution in [2.24, 2.45) is 5.92 Å². The summed E-state index contributed by atoms with van der Waals surface area (Å²) in [6, 6.07) is 8.89. The van der Waals surface area contributed by atoms with Gasteiger partial charge in [-0.05, 0) is 30.9 Å². The summed E-state index contributed by atoms with van der Waals surface area (Å²) in [6.07, 6.45) is 5.36. The lowest BCUT2D eigenvalue weighted by Crippen LogP contribution is -2.31. The monoisotopic (exact) mass is 243 g/mol. The number of aromatic nitrogens is 2. The first kappa shape index (κ1) is 11.7. The third-order valence-electron chi connectivity index (χ3n) is 4.15. The predicted molar refractivity (Wildman–Crippen MR) is 74.4 cm³/mol. The summed E-state index contributed by atoms with van der Waals surface area (Å²) in [5.41, 5.74) is 2.19. The molecule has 2 aromatic rings. The molecular formula is C15H21N3. The van der Waals surface area contributed by atoms with E-state index >= 15 is 0 Å². The average molecular weight is 243 g/mol. The Morgan fingerprint density at radius 3 is 3.06 bits per heavy atom. The van der Waals surface area contributed by atoms with E-state index in [1.165, 1.54) is 25.7 Å². The van der Waals surface area contributed by atoms with Crippen molar-refractivity contribution in [3.8, 4) is 0 Å². The van der Waals surface area contributed by atoms with Crippen molar-refractivity contribution >= 4 is 11.0 Å². The van der Waals surface area contributed by atoms with Gasteiger partial charge < -0.3 is 10.3 Å². The number of imidazole rings is 1. The molecule has 0 bridgehead atoms. The van der Waals surface area contributed by atoms with E-state index in [2.05, 4.69) is 34.3 Å². The molecule has 3 heteroatoms. The van der Waals surface area contributed by atoms with Crippen LogP contribution in [-0.2, 0) is 6.54 Å². The number of fused-ring (bicyclic) bond motifs is 1. The zero-order valence-electron chi connectivity index (χ0n) is 10.9. The molecule has 0 radical (unpaired) electrons. The van der Waals surface area contributed by atoms with E-state index in [9.17, 15) is 0 Å². The van der Waals surface area contributed by atoms with Crippen molar-refractivity contribution in [2.75, 3.05) is 0 Å². The fraction of sp³-hybridized carbons (Fsp3) is 0.533. The molecule has 1 aliphatic rings. The molecule has 0 aliphatic heterocycles. The van der Waals surface area contributed by atoms with Crippen LogP contribution in [0.2, 0.25) is 0 Å². The van der Waals surface area contributed by atoms with E-state index in [1.807, 2.05) is 12.1 Å². The van der Waals surface area contributed by atoms with Gasteiger partial charge in [0.2, 0.25) is 0 Å². The molecule has 1 aliphatic carbocycles. The molecule has 2 atom stereocenters. The molecule has 1 aromatic carbocycles. The largest absolute Gasteiger partial charge is 0.341 e. The van der Waals surface area contributed by atoms with Crippen LogP contribution in [0.5, 0.6) is 0 Å². The first-order chi connectivity index (χ1) is 8.86. The van der Waals surface area contributed by atoms with Gasteiger partial charge in [-0.25, -0.2) is 4.98 Å². The number of para-hydroxylation sites is 2. The van der Waals surface area contributed by atoms with Crippen molar-refractivity contribution in [3.63, 3.8) is 0 Å². The summed E-state index contributed by atoms with van der Waals surface area (Å²) in [4.78, 5) is 7.99. The molecule has 3 rings (SSSR count). The molecule has 1 heterocycles. The molecule has 0 spiro atoms. The second-order valence-corrected chi connectivity index (χ2v) is 5.29. The van der Waals surface area contributed by atoms with Crippen molar-refractivity contribution < 1.29 is 0 Å². The van der Waals surface area contributed by atoms with E-state index < -0.39 is 0 Å². The van der Waals surface area contributed by atoms with Gasteiger partial charge in [0, 0.05) is 6.04 Å². The maximum absolute atomic E-state index is 4.61. The molecule has 3 nitrogen and oxygen atoms in total. The number of benzene rings is 1. The minimum absolute atomic E-state index is 0.684. The highest BCUT2D eigenvalue weighted by atomic mass is 15.0. The van der Waals surface area contributed by atoms with Gasteiger partial charge in [0.15, 0.2) is 0 Å². The van der Waals surface area contributed by atoms with Crippen LogP contribution in [-0.4, -0.2) is 16.0 Å². The zero-order valence-corrected chi connectivity index (χ0v) is 10.9.